The number of likely N-dealkylation sites (tertiary alicyclic amines) is 1. The molecule has 1 unspecified atom stereocenters. The molecule has 10 heteroatoms. The summed E-state index contributed by atoms with van der Waals surface area (Å²) in [6.07, 6.45) is 1.10. The fourth-order valence-corrected chi connectivity index (χ4v) is 2.12. The normalized spacial score (nSPS) is 18.2. The van der Waals surface area contributed by atoms with Crippen molar-refractivity contribution in [1.29, 1.82) is 0 Å². The number of hydrogen-bond acceptors (Lipinski definition) is 7. The van der Waals surface area contributed by atoms with E-state index in [4.69, 9.17) is 15.8 Å². The number of nitrogens with zero attached hydrogens (tertiary/aromatic N) is 2. The zero-order valence-electron chi connectivity index (χ0n) is 12.9. The van der Waals surface area contributed by atoms with Gasteiger partial charge in [-0.2, -0.15) is 0 Å². The second-order valence-corrected chi connectivity index (χ2v) is 8.36. The largest absolute Gasteiger partial charge is 0.333 e. The fraction of sp³-hybridized carbons (Fsp3) is 0.818. The Labute approximate surface area is 124 Å². The van der Waals surface area contributed by atoms with E-state index < -0.39 is 18.1 Å². The lowest BCUT2D eigenvalue weighted by atomic mass is 10.1. The zero-order chi connectivity index (χ0) is 17.2. The molecule has 1 aliphatic rings. The number of rotatable bonds is 3. The predicted octanol–water partition coefficient (Wildman–Crippen LogP) is -0.447. The Kier molecular flexibility index (Phi) is 10.9. The van der Waals surface area contributed by atoms with Crippen LogP contribution in [0, 0.1) is 10.1 Å². The van der Waals surface area contributed by atoms with Gasteiger partial charge in [0.15, 0.2) is 7.05 Å². The van der Waals surface area contributed by atoms with Crippen LogP contribution >= 0.6 is 7.14 Å². The Bertz CT molecular complexity index is 405. The Morgan fingerprint density at radius 2 is 1.81 bits per heavy atom. The number of carbonyl (C=O) groups excluding carboxylic acids is 2. The molecule has 0 saturated carbocycles. The highest BCUT2D eigenvalue weighted by Crippen LogP contribution is 2.35. The van der Waals surface area contributed by atoms with Gasteiger partial charge in [0, 0.05) is 24.1 Å². The van der Waals surface area contributed by atoms with Crippen LogP contribution in [0.25, 0.3) is 0 Å². The maximum atomic E-state index is 11.5. The molecule has 0 aromatic rings. The highest BCUT2D eigenvalue weighted by atomic mass is 31.2. The molecule has 1 saturated heterocycles. The highest BCUT2D eigenvalue weighted by Gasteiger charge is 2.32. The summed E-state index contributed by atoms with van der Waals surface area (Å²) >= 11 is 0. The van der Waals surface area contributed by atoms with Crippen LogP contribution < -0.4 is 11.5 Å². The lowest BCUT2D eigenvalue weighted by Gasteiger charge is -2.29. The summed E-state index contributed by atoms with van der Waals surface area (Å²) < 4.78 is 11.5. The average Bonchev–Trinajstić information content (AvgIpc) is 2.34. The first-order chi connectivity index (χ1) is 9.54. The van der Waals surface area contributed by atoms with Gasteiger partial charge in [-0.15, -0.1) is 0 Å². The summed E-state index contributed by atoms with van der Waals surface area (Å²) in [6, 6.07) is -0.573. The molecule has 0 aliphatic carbocycles. The molecule has 124 valence electrons. The molecule has 2 amide bonds. The molecule has 1 heterocycles. The van der Waals surface area contributed by atoms with Crippen molar-refractivity contribution in [3.8, 4) is 0 Å². The number of nitro groups is 1. The topological polar surface area (TPSA) is 150 Å². The molecule has 1 aliphatic heterocycles. The first-order valence-electron chi connectivity index (χ1n) is 6.34. The van der Waals surface area contributed by atoms with Gasteiger partial charge < -0.3 is 16.0 Å². The molecule has 1 fully saturated rings. The SMILES string of the molecule is CN.CP(C)(=O)CCN1C(=O)CCC(N)C1=O.C[N+](=O)[O-]. The first-order valence-corrected chi connectivity index (χ1v) is 9.12. The number of carbonyl (C=O) groups is 2. The van der Waals surface area contributed by atoms with Crippen LogP contribution in [0.5, 0.6) is 0 Å². The van der Waals surface area contributed by atoms with Crippen molar-refractivity contribution in [1.82, 2.24) is 4.90 Å². The minimum atomic E-state index is -2.19. The van der Waals surface area contributed by atoms with Crippen LogP contribution in [0.15, 0.2) is 0 Å². The third kappa shape index (κ3) is 11.1. The van der Waals surface area contributed by atoms with E-state index in [2.05, 4.69) is 5.73 Å². The lowest BCUT2D eigenvalue weighted by Crippen LogP contribution is -2.51. The van der Waals surface area contributed by atoms with Crippen LogP contribution in [-0.2, 0) is 14.2 Å². The summed E-state index contributed by atoms with van der Waals surface area (Å²) in [5.74, 6) is -0.533. The van der Waals surface area contributed by atoms with Crippen molar-refractivity contribution in [2.24, 2.45) is 11.5 Å². The monoisotopic (exact) mass is 324 g/mol. The second kappa shape index (κ2) is 10.4. The Hall–Kier alpha value is -1.31. The second-order valence-electron chi connectivity index (χ2n) is 4.77. The Morgan fingerprint density at radius 1 is 1.38 bits per heavy atom. The third-order valence-corrected chi connectivity index (χ3v) is 3.69. The fourth-order valence-electron chi connectivity index (χ4n) is 1.44. The summed E-state index contributed by atoms with van der Waals surface area (Å²) in [5.41, 5.74) is 10.1. The van der Waals surface area contributed by atoms with Crippen molar-refractivity contribution in [3.63, 3.8) is 0 Å². The zero-order valence-corrected chi connectivity index (χ0v) is 13.8. The van der Waals surface area contributed by atoms with Gasteiger partial charge in [-0.3, -0.25) is 24.6 Å². The van der Waals surface area contributed by atoms with E-state index in [0.717, 1.165) is 11.9 Å². The molecule has 1 rings (SSSR count). The highest BCUT2D eigenvalue weighted by molar-refractivity contribution is 7.62. The summed E-state index contributed by atoms with van der Waals surface area (Å²) in [5, 5.41) is 8.81. The number of hydrogen-bond donors (Lipinski definition) is 2. The molecule has 0 spiro atoms. The number of nitrogens with two attached hydrogens (primary N) is 2. The van der Waals surface area contributed by atoms with E-state index in [1.165, 1.54) is 7.05 Å². The van der Waals surface area contributed by atoms with Gasteiger partial charge in [0.1, 0.15) is 0 Å². The van der Waals surface area contributed by atoms with E-state index >= 15 is 0 Å². The molecule has 21 heavy (non-hydrogen) atoms. The van der Waals surface area contributed by atoms with E-state index in [9.17, 15) is 14.2 Å². The average molecular weight is 324 g/mol. The molecule has 0 radical (unpaired) electrons. The third-order valence-electron chi connectivity index (χ3n) is 2.42. The van der Waals surface area contributed by atoms with E-state index in [1.54, 1.807) is 13.3 Å². The summed E-state index contributed by atoms with van der Waals surface area (Å²) in [4.78, 5) is 32.4. The summed E-state index contributed by atoms with van der Waals surface area (Å²) in [7, 11) is 0.197. The van der Waals surface area contributed by atoms with Crippen LogP contribution in [0.1, 0.15) is 12.8 Å². The molecule has 0 aromatic heterocycles. The minimum absolute atomic E-state index is 0.199. The van der Waals surface area contributed by atoms with E-state index in [-0.39, 0.29) is 18.4 Å². The van der Waals surface area contributed by atoms with Gasteiger partial charge in [0.05, 0.1) is 13.2 Å². The van der Waals surface area contributed by atoms with Gasteiger partial charge in [-0.05, 0) is 26.8 Å². The standard InChI is InChI=1S/C9H17N2O3P.CH3NO2.CH5N/c1-15(2,14)6-5-11-8(12)4-3-7(10)9(11)13;1-2(3)4;1-2/h7H,3-6,10H2,1-2H3;1H3;2H2,1H3. The van der Waals surface area contributed by atoms with Crippen LogP contribution in [0.3, 0.4) is 0 Å². The molecule has 0 aromatic carbocycles. The predicted molar refractivity (Wildman–Crippen MR) is 81.3 cm³/mol. The van der Waals surface area contributed by atoms with Gasteiger partial charge in [-0.1, -0.05) is 0 Å². The van der Waals surface area contributed by atoms with Gasteiger partial charge in [-0.25, -0.2) is 0 Å². The number of piperidine rings is 1. The molecule has 4 N–H and O–H groups in total. The van der Waals surface area contributed by atoms with Gasteiger partial charge in [0.25, 0.3) is 0 Å². The molecule has 9 nitrogen and oxygen atoms in total. The number of imide groups is 1. The first kappa shape index (κ1) is 22.0. The summed E-state index contributed by atoms with van der Waals surface area (Å²) in [6.45, 7) is 3.52. The smallest absolute Gasteiger partial charge is 0.246 e. The van der Waals surface area contributed by atoms with Crippen LogP contribution in [-0.4, -0.2) is 67.8 Å². The molecule has 0 bridgehead atoms. The quantitative estimate of drug-likeness (QED) is 0.309. The van der Waals surface area contributed by atoms with Crippen molar-refractivity contribution < 1.29 is 19.1 Å². The van der Waals surface area contributed by atoms with Crippen LogP contribution in [0.2, 0.25) is 0 Å². The number of amides is 2. The van der Waals surface area contributed by atoms with Crippen molar-refractivity contribution in [2.45, 2.75) is 18.9 Å². The Balaban J connectivity index is 0. The molecular weight excluding hydrogens is 299 g/mol. The minimum Gasteiger partial charge on any atom is -0.333 e. The van der Waals surface area contributed by atoms with Crippen molar-refractivity contribution in [2.75, 3.05) is 40.1 Å². The van der Waals surface area contributed by atoms with E-state index in [0.29, 0.717) is 19.0 Å². The molecule has 1 atom stereocenters. The van der Waals surface area contributed by atoms with Gasteiger partial charge in [0.2, 0.25) is 11.8 Å². The lowest BCUT2D eigenvalue weighted by molar-refractivity contribution is -0.445. The van der Waals surface area contributed by atoms with Crippen molar-refractivity contribution in [3.05, 3.63) is 10.1 Å². The molecular formula is C11H25N4O5P. The van der Waals surface area contributed by atoms with Gasteiger partial charge >= 0.3 is 0 Å². The maximum Gasteiger partial charge on any atom is 0.246 e. The maximum absolute atomic E-state index is 11.5. The van der Waals surface area contributed by atoms with Crippen molar-refractivity contribution >= 4 is 19.0 Å². The van der Waals surface area contributed by atoms with E-state index in [1.807, 2.05) is 0 Å². The Morgan fingerprint density at radius 3 is 2.19 bits per heavy atom. The van der Waals surface area contributed by atoms with Crippen LogP contribution in [0.4, 0.5) is 0 Å².